The van der Waals surface area contributed by atoms with Gasteiger partial charge in [-0.05, 0) is 37.9 Å². The molecule has 0 aliphatic carbocycles. The van der Waals surface area contributed by atoms with Gasteiger partial charge in [0.2, 0.25) is 0 Å². The molecule has 18 heavy (non-hydrogen) atoms. The summed E-state index contributed by atoms with van der Waals surface area (Å²) in [6.07, 6.45) is 0.907. The van der Waals surface area contributed by atoms with E-state index in [9.17, 15) is 10.1 Å². The largest absolute Gasteiger partial charge is 0.317 e. The van der Waals surface area contributed by atoms with Crippen molar-refractivity contribution in [1.29, 1.82) is 5.26 Å². The number of rotatable bonds is 5. The number of nitriles is 1. The highest BCUT2D eigenvalue weighted by atomic mass is 16.6. The Morgan fingerprint density at radius 2 is 2.22 bits per heavy atom. The van der Waals surface area contributed by atoms with Crippen molar-refractivity contribution in [1.82, 2.24) is 5.32 Å². The van der Waals surface area contributed by atoms with Crippen molar-refractivity contribution in [3.63, 3.8) is 0 Å². The van der Waals surface area contributed by atoms with Gasteiger partial charge < -0.3 is 5.32 Å². The van der Waals surface area contributed by atoms with E-state index >= 15 is 0 Å². The predicted molar refractivity (Wildman–Crippen MR) is 69.4 cm³/mol. The standard InChI is InChI=1S/C13H17N3O2/c1-4-12(9(2)15-3)10-5-6-13(16(17)18)11(7-10)8-14/h5-7,9,12,15H,4H2,1-3H3. The molecule has 0 radical (unpaired) electrons. The van der Waals surface area contributed by atoms with Gasteiger partial charge in [0.15, 0.2) is 0 Å². The molecular weight excluding hydrogens is 230 g/mol. The van der Waals surface area contributed by atoms with E-state index in [1.165, 1.54) is 6.07 Å². The van der Waals surface area contributed by atoms with Gasteiger partial charge in [0.05, 0.1) is 4.92 Å². The van der Waals surface area contributed by atoms with E-state index in [1.54, 1.807) is 12.1 Å². The van der Waals surface area contributed by atoms with Crippen molar-refractivity contribution in [3.05, 3.63) is 39.4 Å². The molecular formula is C13H17N3O2. The van der Waals surface area contributed by atoms with E-state index in [2.05, 4.69) is 19.2 Å². The Balaban J connectivity index is 3.20. The molecule has 0 fully saturated rings. The number of hydrogen-bond acceptors (Lipinski definition) is 4. The third-order valence-corrected chi connectivity index (χ3v) is 3.26. The van der Waals surface area contributed by atoms with Gasteiger partial charge in [-0.3, -0.25) is 10.1 Å². The number of benzene rings is 1. The average Bonchev–Trinajstić information content (AvgIpc) is 2.38. The maximum Gasteiger partial charge on any atom is 0.287 e. The van der Waals surface area contributed by atoms with Crippen molar-refractivity contribution in [3.8, 4) is 6.07 Å². The van der Waals surface area contributed by atoms with Crippen LogP contribution in [0.25, 0.3) is 0 Å². The van der Waals surface area contributed by atoms with Gasteiger partial charge in [-0.15, -0.1) is 0 Å². The number of hydrogen-bond donors (Lipinski definition) is 1. The molecule has 1 rings (SSSR count). The minimum absolute atomic E-state index is 0.124. The first-order valence-electron chi connectivity index (χ1n) is 5.90. The minimum Gasteiger partial charge on any atom is -0.317 e. The van der Waals surface area contributed by atoms with Crippen LogP contribution in [0.5, 0.6) is 0 Å². The monoisotopic (exact) mass is 247 g/mol. The summed E-state index contributed by atoms with van der Waals surface area (Å²) in [6, 6.07) is 6.92. The van der Waals surface area contributed by atoms with Gasteiger partial charge in [-0.25, -0.2) is 0 Å². The molecule has 1 N–H and O–H groups in total. The van der Waals surface area contributed by atoms with Crippen LogP contribution >= 0.6 is 0 Å². The maximum atomic E-state index is 10.8. The smallest absolute Gasteiger partial charge is 0.287 e. The van der Waals surface area contributed by atoms with Crippen LogP contribution in [0.15, 0.2) is 18.2 Å². The van der Waals surface area contributed by atoms with Crippen LogP contribution in [0.4, 0.5) is 5.69 Å². The first kappa shape index (κ1) is 14.1. The van der Waals surface area contributed by atoms with Crippen molar-refractivity contribution in [2.75, 3.05) is 7.05 Å². The molecule has 5 nitrogen and oxygen atoms in total. The molecule has 0 saturated carbocycles. The van der Waals surface area contributed by atoms with Crippen molar-refractivity contribution >= 4 is 5.69 Å². The van der Waals surface area contributed by atoms with Crippen molar-refractivity contribution < 1.29 is 4.92 Å². The lowest BCUT2D eigenvalue weighted by Crippen LogP contribution is -2.28. The first-order valence-corrected chi connectivity index (χ1v) is 5.90. The van der Waals surface area contributed by atoms with Crippen LogP contribution in [0, 0.1) is 21.4 Å². The average molecular weight is 247 g/mol. The number of likely N-dealkylation sites (N-methyl/N-ethyl adjacent to an activating group) is 1. The summed E-state index contributed by atoms with van der Waals surface area (Å²) in [4.78, 5) is 10.2. The Bertz CT molecular complexity index is 480. The zero-order chi connectivity index (χ0) is 13.7. The summed E-state index contributed by atoms with van der Waals surface area (Å²) < 4.78 is 0. The molecule has 2 unspecified atom stereocenters. The number of nitrogens with one attached hydrogen (secondary N) is 1. The zero-order valence-electron chi connectivity index (χ0n) is 10.8. The van der Waals surface area contributed by atoms with Gasteiger partial charge in [-0.1, -0.05) is 13.0 Å². The number of nitrogens with zero attached hydrogens (tertiary/aromatic N) is 2. The Morgan fingerprint density at radius 3 is 2.67 bits per heavy atom. The molecule has 0 saturated heterocycles. The maximum absolute atomic E-state index is 10.8. The fraction of sp³-hybridized carbons (Fsp3) is 0.462. The quantitative estimate of drug-likeness (QED) is 0.640. The summed E-state index contributed by atoms with van der Waals surface area (Å²) in [5, 5.41) is 22.9. The highest BCUT2D eigenvalue weighted by Crippen LogP contribution is 2.27. The molecule has 1 aromatic rings. The van der Waals surface area contributed by atoms with Crippen molar-refractivity contribution in [2.45, 2.75) is 32.2 Å². The van der Waals surface area contributed by atoms with Gasteiger partial charge in [0.25, 0.3) is 5.69 Å². The second kappa shape index (κ2) is 6.12. The van der Waals surface area contributed by atoms with Crippen LogP contribution < -0.4 is 5.32 Å². The van der Waals surface area contributed by atoms with E-state index in [0.717, 1.165) is 12.0 Å². The van der Waals surface area contributed by atoms with E-state index in [4.69, 9.17) is 5.26 Å². The molecule has 0 aromatic heterocycles. The van der Waals surface area contributed by atoms with Crippen molar-refractivity contribution in [2.24, 2.45) is 0 Å². The third kappa shape index (κ3) is 2.84. The topological polar surface area (TPSA) is 79.0 Å². The van der Waals surface area contributed by atoms with Gasteiger partial charge in [-0.2, -0.15) is 5.26 Å². The second-order valence-corrected chi connectivity index (χ2v) is 4.24. The lowest BCUT2D eigenvalue weighted by molar-refractivity contribution is -0.385. The minimum atomic E-state index is -0.523. The molecule has 0 bridgehead atoms. The summed E-state index contributed by atoms with van der Waals surface area (Å²) in [5.74, 6) is 0.239. The van der Waals surface area contributed by atoms with Crippen LogP contribution in [-0.2, 0) is 0 Å². The van der Waals surface area contributed by atoms with E-state index in [0.29, 0.717) is 0 Å². The molecule has 0 heterocycles. The lowest BCUT2D eigenvalue weighted by Gasteiger charge is -2.22. The fourth-order valence-electron chi connectivity index (χ4n) is 2.11. The SMILES string of the molecule is CCC(c1ccc([N+](=O)[O-])c(C#N)c1)C(C)NC. The highest BCUT2D eigenvalue weighted by molar-refractivity contribution is 5.51. The van der Waals surface area contributed by atoms with Crippen LogP contribution in [0.2, 0.25) is 0 Å². The Kier molecular flexibility index (Phi) is 4.81. The summed E-state index contributed by atoms with van der Waals surface area (Å²) in [5.41, 5.74) is 0.953. The molecule has 0 spiro atoms. The van der Waals surface area contributed by atoms with E-state index < -0.39 is 4.92 Å². The first-order chi connectivity index (χ1) is 8.54. The highest BCUT2D eigenvalue weighted by Gasteiger charge is 2.20. The van der Waals surface area contributed by atoms with E-state index in [-0.39, 0.29) is 23.2 Å². The lowest BCUT2D eigenvalue weighted by atomic mass is 9.89. The van der Waals surface area contributed by atoms with Crippen LogP contribution in [0.3, 0.4) is 0 Å². The second-order valence-electron chi connectivity index (χ2n) is 4.24. The summed E-state index contributed by atoms with van der Waals surface area (Å²) in [7, 11) is 1.88. The number of nitro groups is 1. The molecule has 2 atom stereocenters. The van der Waals surface area contributed by atoms with Gasteiger partial charge >= 0.3 is 0 Å². The van der Waals surface area contributed by atoms with Crippen LogP contribution in [-0.4, -0.2) is 18.0 Å². The normalized spacial score (nSPS) is 13.7. The molecule has 5 heteroatoms. The summed E-state index contributed by atoms with van der Waals surface area (Å²) >= 11 is 0. The molecule has 1 aromatic carbocycles. The third-order valence-electron chi connectivity index (χ3n) is 3.26. The van der Waals surface area contributed by atoms with E-state index in [1.807, 2.05) is 13.1 Å². The fourth-order valence-corrected chi connectivity index (χ4v) is 2.11. The molecule has 0 aliphatic rings. The van der Waals surface area contributed by atoms with Gasteiger partial charge in [0.1, 0.15) is 11.6 Å². The zero-order valence-corrected chi connectivity index (χ0v) is 10.8. The predicted octanol–water partition coefficient (Wildman–Crippen LogP) is 2.57. The van der Waals surface area contributed by atoms with Crippen LogP contribution in [0.1, 0.15) is 37.3 Å². The Morgan fingerprint density at radius 1 is 1.56 bits per heavy atom. The Labute approximate surface area is 107 Å². The Hall–Kier alpha value is -1.93. The van der Waals surface area contributed by atoms with Gasteiger partial charge in [0, 0.05) is 12.1 Å². The summed E-state index contributed by atoms with van der Waals surface area (Å²) in [6.45, 7) is 4.12. The molecule has 0 amide bonds. The number of nitro benzene ring substituents is 1. The molecule has 96 valence electrons. The molecule has 0 aliphatic heterocycles.